The molecule has 0 spiro atoms. The van der Waals surface area contributed by atoms with Gasteiger partial charge in [-0.25, -0.2) is 8.78 Å². The third-order valence-corrected chi connectivity index (χ3v) is 6.07. The molecule has 4 nitrogen and oxygen atoms in total. The first kappa shape index (κ1) is 19.1. The van der Waals surface area contributed by atoms with Crippen molar-refractivity contribution >= 4 is 28.4 Å². The van der Waals surface area contributed by atoms with E-state index < -0.39 is 0 Å². The van der Waals surface area contributed by atoms with Crippen LogP contribution in [-0.2, 0) is 4.74 Å². The average Bonchev–Trinajstić information content (AvgIpc) is 3.28. The quantitative estimate of drug-likeness (QED) is 0.524. The van der Waals surface area contributed by atoms with E-state index in [-0.39, 0.29) is 23.6 Å². The molecule has 4 N–H and O–H groups in total. The smallest absolute Gasteiger partial charge is 0.143 e. The number of unbranched alkanes of at least 4 members (excludes halogenated alkanes) is 3. The number of hydrogen-bond donors (Lipinski definition) is 3. The Morgan fingerprint density at radius 2 is 1.77 bits per heavy atom. The number of fused-ring (bicyclic) bond motifs is 6. The minimum atomic E-state index is -0.279. The van der Waals surface area contributed by atoms with Crippen molar-refractivity contribution in [2.45, 2.75) is 37.6 Å². The molecule has 0 saturated heterocycles. The Morgan fingerprint density at radius 1 is 0.967 bits per heavy atom. The highest BCUT2D eigenvalue weighted by atomic mass is 19.1. The number of aromatic amines is 1. The zero-order valence-corrected chi connectivity index (χ0v) is 16.7. The van der Waals surface area contributed by atoms with E-state index in [9.17, 15) is 8.78 Å². The third-order valence-electron chi connectivity index (χ3n) is 6.07. The van der Waals surface area contributed by atoms with Crippen molar-refractivity contribution in [2.24, 2.45) is 5.73 Å². The predicted molar refractivity (Wildman–Crippen MR) is 115 cm³/mol. The van der Waals surface area contributed by atoms with Crippen LogP contribution in [0, 0.1) is 11.6 Å². The molecule has 1 aliphatic carbocycles. The van der Waals surface area contributed by atoms with Crippen LogP contribution in [0.3, 0.4) is 0 Å². The van der Waals surface area contributed by atoms with E-state index in [2.05, 4.69) is 16.4 Å². The van der Waals surface area contributed by atoms with Crippen molar-refractivity contribution in [1.29, 1.82) is 0 Å². The topological polar surface area (TPSA) is 63.1 Å². The Bertz CT molecular complexity index is 1220. The van der Waals surface area contributed by atoms with Gasteiger partial charge in [0, 0.05) is 27.7 Å². The number of H-pyrrole nitrogens is 1. The van der Waals surface area contributed by atoms with E-state index in [0.717, 1.165) is 64.2 Å². The van der Waals surface area contributed by atoms with Crippen molar-refractivity contribution in [1.82, 2.24) is 4.98 Å². The van der Waals surface area contributed by atoms with Gasteiger partial charge in [0.2, 0.25) is 0 Å². The summed E-state index contributed by atoms with van der Waals surface area (Å²) in [5.41, 5.74) is 8.24. The minimum Gasteiger partial charge on any atom is -0.494 e. The molecular formula is C24H25F2N3O. The molecular weight excluding hydrogens is 384 g/mol. The van der Waals surface area contributed by atoms with Crippen molar-refractivity contribution in [2.75, 3.05) is 18.5 Å². The van der Waals surface area contributed by atoms with Crippen molar-refractivity contribution < 1.29 is 13.5 Å². The van der Waals surface area contributed by atoms with E-state index >= 15 is 0 Å². The van der Waals surface area contributed by atoms with Gasteiger partial charge in [0.1, 0.15) is 17.4 Å². The Hall–Kier alpha value is -2.86. The molecule has 1 aliphatic heterocycles. The summed E-state index contributed by atoms with van der Waals surface area (Å²) in [7, 11) is 0. The Kier molecular flexibility index (Phi) is 4.95. The molecule has 0 fully saturated rings. The van der Waals surface area contributed by atoms with Crippen LogP contribution in [0.15, 0.2) is 36.4 Å². The number of benzene rings is 2. The summed E-state index contributed by atoms with van der Waals surface area (Å²) in [5.74, 6) is 0.197. The summed E-state index contributed by atoms with van der Waals surface area (Å²) in [6, 6.07) is 9.44. The standard InChI is InChI=1S/C24H25F2N3O/c25-14-5-7-20-16(11-14)18-13-19-17-12-15(26)6-8-21(17)29-23(19)24(22(18)28-20)30-10-4-2-1-3-9-27/h5-8,11-13,18,22,28-29H,1-4,9-10,27H2. The Labute approximate surface area is 173 Å². The monoisotopic (exact) mass is 409 g/mol. The van der Waals surface area contributed by atoms with Gasteiger partial charge in [-0.05, 0) is 61.3 Å². The minimum absolute atomic E-state index is 0.0716. The largest absolute Gasteiger partial charge is 0.494 e. The molecule has 1 aromatic heterocycles. The lowest BCUT2D eigenvalue weighted by Gasteiger charge is -2.24. The first-order chi connectivity index (χ1) is 14.7. The SMILES string of the molecule is NCCCCCCOC1=c2[nH]c3ccc(F)cc3c2=CC2c3cc(F)ccc3NC12. The number of anilines is 1. The van der Waals surface area contributed by atoms with Crippen LogP contribution >= 0.6 is 0 Å². The molecule has 5 rings (SSSR count). The number of aromatic nitrogens is 1. The summed E-state index contributed by atoms with van der Waals surface area (Å²) in [6.07, 6.45) is 6.22. The maximum absolute atomic E-state index is 14.0. The van der Waals surface area contributed by atoms with Crippen molar-refractivity contribution in [3.8, 4) is 0 Å². The second-order valence-electron chi connectivity index (χ2n) is 8.07. The van der Waals surface area contributed by atoms with E-state index in [1.807, 2.05) is 0 Å². The number of ether oxygens (including phenoxy) is 1. The lowest BCUT2D eigenvalue weighted by Crippen LogP contribution is -2.40. The fraction of sp³-hybridized carbons (Fsp3) is 0.333. The summed E-state index contributed by atoms with van der Waals surface area (Å²) < 4.78 is 34.2. The van der Waals surface area contributed by atoms with Crippen molar-refractivity contribution in [3.05, 3.63) is 64.2 Å². The zero-order chi connectivity index (χ0) is 20.7. The highest BCUT2D eigenvalue weighted by molar-refractivity contribution is 5.85. The van der Waals surface area contributed by atoms with Gasteiger partial charge in [-0.3, -0.25) is 0 Å². The second kappa shape index (κ2) is 7.76. The van der Waals surface area contributed by atoms with Crippen LogP contribution in [0.25, 0.3) is 22.7 Å². The first-order valence-electron chi connectivity index (χ1n) is 10.6. The predicted octanol–water partition coefficient (Wildman–Crippen LogP) is 3.46. The highest BCUT2D eigenvalue weighted by Gasteiger charge is 2.37. The fourth-order valence-corrected chi connectivity index (χ4v) is 4.62. The summed E-state index contributed by atoms with van der Waals surface area (Å²) in [6.45, 7) is 1.31. The molecule has 6 heteroatoms. The van der Waals surface area contributed by atoms with Crippen LogP contribution in [0.5, 0.6) is 0 Å². The molecule has 2 unspecified atom stereocenters. The van der Waals surface area contributed by atoms with E-state index in [1.54, 1.807) is 24.3 Å². The van der Waals surface area contributed by atoms with Gasteiger partial charge in [0.05, 0.1) is 18.0 Å². The van der Waals surface area contributed by atoms with Gasteiger partial charge in [0.25, 0.3) is 0 Å². The van der Waals surface area contributed by atoms with Crippen LogP contribution < -0.4 is 21.6 Å². The molecule has 0 saturated carbocycles. The molecule has 0 bridgehead atoms. The number of nitrogens with two attached hydrogens (primary N) is 1. The fourth-order valence-electron chi connectivity index (χ4n) is 4.62. The number of nitrogens with one attached hydrogen (secondary N) is 2. The molecule has 2 heterocycles. The Morgan fingerprint density at radius 3 is 2.63 bits per heavy atom. The van der Waals surface area contributed by atoms with E-state index in [0.29, 0.717) is 13.2 Å². The molecule has 2 aromatic carbocycles. The third kappa shape index (κ3) is 3.25. The normalized spacial score (nSPS) is 19.1. The first-order valence-corrected chi connectivity index (χ1v) is 10.6. The summed E-state index contributed by atoms with van der Waals surface area (Å²) in [4.78, 5) is 3.41. The van der Waals surface area contributed by atoms with Gasteiger partial charge < -0.3 is 20.8 Å². The van der Waals surface area contributed by atoms with Gasteiger partial charge in [-0.2, -0.15) is 0 Å². The maximum Gasteiger partial charge on any atom is 0.143 e. The van der Waals surface area contributed by atoms with Crippen LogP contribution in [-0.4, -0.2) is 24.2 Å². The van der Waals surface area contributed by atoms with Crippen LogP contribution in [0.1, 0.15) is 37.2 Å². The van der Waals surface area contributed by atoms with Gasteiger partial charge in [0.15, 0.2) is 0 Å². The van der Waals surface area contributed by atoms with Crippen molar-refractivity contribution in [3.63, 3.8) is 0 Å². The summed E-state index contributed by atoms with van der Waals surface area (Å²) in [5, 5.41) is 6.11. The van der Waals surface area contributed by atoms with Gasteiger partial charge in [-0.1, -0.05) is 18.9 Å². The molecule has 0 radical (unpaired) electrons. The molecule has 3 aromatic rings. The molecule has 2 aliphatic rings. The lowest BCUT2D eigenvalue weighted by atomic mass is 9.89. The molecule has 156 valence electrons. The second-order valence-corrected chi connectivity index (χ2v) is 8.07. The maximum atomic E-state index is 14.0. The van der Waals surface area contributed by atoms with E-state index in [1.165, 1.54) is 12.1 Å². The zero-order valence-electron chi connectivity index (χ0n) is 16.7. The number of hydrogen-bond acceptors (Lipinski definition) is 3. The lowest BCUT2D eigenvalue weighted by molar-refractivity contribution is 0.246. The van der Waals surface area contributed by atoms with Gasteiger partial charge in [-0.15, -0.1) is 0 Å². The van der Waals surface area contributed by atoms with Gasteiger partial charge >= 0.3 is 0 Å². The van der Waals surface area contributed by atoms with Crippen LogP contribution in [0.4, 0.5) is 14.5 Å². The molecule has 0 amide bonds. The summed E-state index contributed by atoms with van der Waals surface area (Å²) >= 11 is 0. The molecule has 30 heavy (non-hydrogen) atoms. The number of halogens is 2. The Balaban J connectivity index is 1.57. The van der Waals surface area contributed by atoms with Crippen LogP contribution in [0.2, 0.25) is 0 Å². The highest BCUT2D eigenvalue weighted by Crippen LogP contribution is 2.41. The average molecular weight is 409 g/mol. The molecule has 2 atom stereocenters. The van der Waals surface area contributed by atoms with E-state index in [4.69, 9.17) is 10.5 Å². The number of rotatable bonds is 7.